The van der Waals surface area contributed by atoms with Gasteiger partial charge in [0, 0.05) is 25.7 Å². The van der Waals surface area contributed by atoms with E-state index in [4.69, 9.17) is 0 Å². The molecule has 0 spiro atoms. The summed E-state index contributed by atoms with van der Waals surface area (Å²) < 4.78 is 76.0. The summed E-state index contributed by atoms with van der Waals surface area (Å²) in [4.78, 5) is 22.1. The Morgan fingerprint density at radius 2 is 1.33 bits per heavy atom. The Kier molecular flexibility index (Phi) is 6.04. The smallest absolute Gasteiger partial charge is 0.355 e. The second-order valence-corrected chi connectivity index (χ2v) is 4.66. The Bertz CT molecular complexity index is 580. The van der Waals surface area contributed by atoms with Gasteiger partial charge in [0.1, 0.15) is 0 Å². The van der Waals surface area contributed by atoms with E-state index < -0.39 is 35.2 Å². The van der Waals surface area contributed by atoms with E-state index in [-0.39, 0.29) is 25.1 Å². The van der Waals surface area contributed by atoms with Crippen molar-refractivity contribution in [2.24, 2.45) is 0 Å². The monoisotopic (exact) mass is 357 g/mol. The topological polar surface area (TPSA) is 70.2 Å². The molecule has 0 saturated carbocycles. The molecule has 0 bridgehead atoms. The molecule has 0 saturated heterocycles. The molecule has 0 aliphatic rings. The number of carbonyl (C=O) groups excluding carboxylic acids is 2. The van der Waals surface area contributed by atoms with E-state index >= 15 is 0 Å². The van der Waals surface area contributed by atoms with Crippen LogP contribution in [0.4, 0.5) is 36.8 Å². The minimum atomic E-state index is -5.00. The zero-order valence-corrected chi connectivity index (χ0v) is 12.2. The number of carbonyl (C=O) groups is 2. The maximum atomic E-state index is 12.7. The molecule has 1 aromatic rings. The predicted molar refractivity (Wildman–Crippen MR) is 72.2 cm³/mol. The third-order valence-corrected chi connectivity index (χ3v) is 2.63. The number of amides is 3. The minimum Gasteiger partial charge on any atom is -0.355 e. The van der Waals surface area contributed by atoms with Crippen LogP contribution in [0.5, 0.6) is 0 Å². The molecule has 0 aliphatic heterocycles. The molecule has 1 aromatic carbocycles. The number of alkyl halides is 6. The first-order valence-corrected chi connectivity index (χ1v) is 6.48. The molecule has 0 fully saturated rings. The van der Waals surface area contributed by atoms with Gasteiger partial charge in [-0.2, -0.15) is 26.3 Å². The van der Waals surface area contributed by atoms with E-state index in [0.717, 1.165) is 0 Å². The highest BCUT2D eigenvalue weighted by Crippen LogP contribution is 2.37. The van der Waals surface area contributed by atoms with Gasteiger partial charge in [-0.05, 0) is 18.2 Å². The number of benzene rings is 1. The quantitative estimate of drug-likeness (QED) is 0.573. The van der Waals surface area contributed by atoms with Crippen LogP contribution < -0.4 is 16.0 Å². The first-order valence-electron chi connectivity index (χ1n) is 6.48. The summed E-state index contributed by atoms with van der Waals surface area (Å²) in [5.41, 5.74) is -3.73. The number of hydrogen-bond acceptors (Lipinski definition) is 2. The Labute approximate surface area is 132 Å². The van der Waals surface area contributed by atoms with Crippen molar-refractivity contribution in [3.63, 3.8) is 0 Å². The van der Waals surface area contributed by atoms with Gasteiger partial charge in [0.15, 0.2) is 0 Å². The molecule has 0 radical (unpaired) electrons. The van der Waals surface area contributed by atoms with Crippen molar-refractivity contribution >= 4 is 17.6 Å². The fourth-order valence-corrected chi connectivity index (χ4v) is 1.62. The van der Waals surface area contributed by atoms with Gasteiger partial charge in [-0.25, -0.2) is 4.79 Å². The Morgan fingerprint density at radius 1 is 0.875 bits per heavy atom. The van der Waals surface area contributed by atoms with Crippen molar-refractivity contribution in [2.45, 2.75) is 19.3 Å². The van der Waals surface area contributed by atoms with Crippen LogP contribution in [0.15, 0.2) is 18.2 Å². The third-order valence-electron chi connectivity index (χ3n) is 2.63. The molecule has 0 heterocycles. The van der Waals surface area contributed by atoms with Gasteiger partial charge >= 0.3 is 18.4 Å². The zero-order chi connectivity index (χ0) is 18.5. The SMILES string of the molecule is CC(=O)NCCNC(=O)Nc1cc(C(F)(F)F)cc(C(F)(F)F)c1. The molecule has 0 aliphatic carbocycles. The second kappa shape index (κ2) is 7.41. The van der Waals surface area contributed by atoms with E-state index in [1.54, 1.807) is 0 Å². The van der Waals surface area contributed by atoms with Crippen LogP contribution in [0.1, 0.15) is 18.1 Å². The molecule has 0 aromatic heterocycles. The van der Waals surface area contributed by atoms with Crippen molar-refractivity contribution in [1.29, 1.82) is 0 Å². The summed E-state index contributed by atoms with van der Waals surface area (Å²) in [5, 5.41) is 6.41. The number of nitrogens with one attached hydrogen (secondary N) is 3. The van der Waals surface area contributed by atoms with Gasteiger partial charge in [0.25, 0.3) is 0 Å². The molecule has 0 atom stereocenters. The molecule has 134 valence electrons. The highest BCUT2D eigenvalue weighted by atomic mass is 19.4. The molecule has 3 N–H and O–H groups in total. The van der Waals surface area contributed by atoms with Crippen LogP contribution in [-0.2, 0) is 17.1 Å². The molecule has 24 heavy (non-hydrogen) atoms. The highest BCUT2D eigenvalue weighted by molar-refractivity contribution is 5.89. The predicted octanol–water partition coefficient (Wildman–Crippen LogP) is 2.98. The van der Waals surface area contributed by atoms with Gasteiger partial charge < -0.3 is 16.0 Å². The van der Waals surface area contributed by atoms with Crippen LogP contribution >= 0.6 is 0 Å². The third kappa shape index (κ3) is 6.34. The number of halogens is 6. The van der Waals surface area contributed by atoms with Crippen molar-refractivity contribution in [3.8, 4) is 0 Å². The average Bonchev–Trinajstić information content (AvgIpc) is 2.41. The first kappa shape index (κ1) is 19.6. The lowest BCUT2D eigenvalue weighted by Gasteiger charge is -2.15. The molecule has 5 nitrogen and oxygen atoms in total. The number of rotatable bonds is 4. The minimum absolute atomic E-state index is 0.0418. The van der Waals surface area contributed by atoms with Crippen molar-refractivity contribution in [1.82, 2.24) is 10.6 Å². The standard InChI is InChI=1S/C13H13F6N3O2/c1-7(23)20-2-3-21-11(24)22-10-5-8(12(14,15)16)4-9(6-10)13(17,18)19/h4-6H,2-3H2,1H3,(H,20,23)(H2,21,22,24). The van der Waals surface area contributed by atoms with E-state index in [1.807, 2.05) is 5.32 Å². The summed E-state index contributed by atoms with van der Waals surface area (Å²) in [6.07, 6.45) is -10.0. The van der Waals surface area contributed by atoms with Crippen LogP contribution in [-0.4, -0.2) is 25.0 Å². The zero-order valence-electron chi connectivity index (χ0n) is 12.2. The highest BCUT2D eigenvalue weighted by Gasteiger charge is 2.37. The maximum Gasteiger partial charge on any atom is 0.416 e. The summed E-state index contributed by atoms with van der Waals surface area (Å²) >= 11 is 0. The van der Waals surface area contributed by atoms with Crippen molar-refractivity contribution in [2.75, 3.05) is 18.4 Å². The Morgan fingerprint density at radius 3 is 1.75 bits per heavy atom. The molecular formula is C13H13F6N3O2. The lowest BCUT2D eigenvalue weighted by molar-refractivity contribution is -0.143. The Balaban J connectivity index is 2.86. The van der Waals surface area contributed by atoms with Crippen molar-refractivity contribution < 1.29 is 35.9 Å². The van der Waals surface area contributed by atoms with E-state index in [9.17, 15) is 35.9 Å². The fraction of sp³-hybridized carbons (Fsp3) is 0.385. The Hall–Kier alpha value is -2.46. The van der Waals surface area contributed by atoms with Gasteiger partial charge in [0.05, 0.1) is 11.1 Å². The van der Waals surface area contributed by atoms with Crippen LogP contribution in [0, 0.1) is 0 Å². The van der Waals surface area contributed by atoms with Gasteiger partial charge in [-0.3, -0.25) is 4.79 Å². The molecule has 3 amide bonds. The summed E-state index contributed by atoms with van der Waals surface area (Å²) in [6.45, 7) is 1.23. The van der Waals surface area contributed by atoms with Crippen molar-refractivity contribution in [3.05, 3.63) is 29.3 Å². The van der Waals surface area contributed by atoms with Crippen LogP contribution in [0.2, 0.25) is 0 Å². The van der Waals surface area contributed by atoms with E-state index in [2.05, 4.69) is 10.6 Å². The first-order chi connectivity index (χ1) is 10.9. The average molecular weight is 357 g/mol. The summed E-state index contributed by atoms with van der Waals surface area (Å²) in [5.74, 6) is -0.357. The van der Waals surface area contributed by atoms with Crippen LogP contribution in [0.3, 0.4) is 0 Å². The van der Waals surface area contributed by atoms with Gasteiger partial charge in [-0.1, -0.05) is 0 Å². The van der Waals surface area contributed by atoms with Gasteiger partial charge in [-0.15, -0.1) is 0 Å². The molecular weight excluding hydrogens is 344 g/mol. The fourth-order valence-electron chi connectivity index (χ4n) is 1.62. The van der Waals surface area contributed by atoms with E-state index in [1.165, 1.54) is 6.92 Å². The largest absolute Gasteiger partial charge is 0.416 e. The summed E-state index contributed by atoms with van der Waals surface area (Å²) in [6, 6.07) is -0.265. The lowest BCUT2D eigenvalue weighted by Crippen LogP contribution is -2.36. The van der Waals surface area contributed by atoms with E-state index in [0.29, 0.717) is 12.1 Å². The summed E-state index contributed by atoms with van der Waals surface area (Å²) in [7, 11) is 0. The number of hydrogen-bond donors (Lipinski definition) is 3. The normalized spacial score (nSPS) is 11.8. The lowest BCUT2D eigenvalue weighted by atomic mass is 10.1. The molecule has 0 unspecified atom stereocenters. The van der Waals surface area contributed by atoms with Crippen LogP contribution in [0.25, 0.3) is 0 Å². The molecule has 1 rings (SSSR count). The van der Waals surface area contributed by atoms with Gasteiger partial charge in [0.2, 0.25) is 5.91 Å². The number of anilines is 1. The maximum absolute atomic E-state index is 12.7. The number of urea groups is 1. The molecule has 11 heteroatoms. The second-order valence-electron chi connectivity index (χ2n) is 4.66.